The molecule has 1 aliphatic rings. The normalized spacial score (nSPS) is 20.0. The molecule has 0 amide bonds. The standard InChI is InChI=1S/C12H14F2O/c1-12(15,7-8-5-6-8)11-9(13)3-2-4-10(11)14/h2-4,8,15H,5-7H2,1H3. The van der Waals surface area contributed by atoms with E-state index < -0.39 is 17.2 Å². The van der Waals surface area contributed by atoms with Crippen LogP contribution in [0.15, 0.2) is 18.2 Å². The highest BCUT2D eigenvalue weighted by molar-refractivity contribution is 5.25. The van der Waals surface area contributed by atoms with Gasteiger partial charge in [-0.3, -0.25) is 0 Å². The molecule has 1 aliphatic carbocycles. The highest BCUT2D eigenvalue weighted by Crippen LogP contribution is 2.41. The molecule has 0 saturated heterocycles. The van der Waals surface area contributed by atoms with Crippen LogP contribution in [0, 0.1) is 17.6 Å². The number of aliphatic hydroxyl groups is 1. The van der Waals surface area contributed by atoms with E-state index in [4.69, 9.17) is 0 Å². The van der Waals surface area contributed by atoms with E-state index in [9.17, 15) is 13.9 Å². The first-order valence-electron chi connectivity index (χ1n) is 5.17. The van der Waals surface area contributed by atoms with E-state index in [0.29, 0.717) is 12.3 Å². The Morgan fingerprint density at radius 2 is 1.87 bits per heavy atom. The van der Waals surface area contributed by atoms with Crippen molar-refractivity contribution in [1.82, 2.24) is 0 Å². The summed E-state index contributed by atoms with van der Waals surface area (Å²) in [5.41, 5.74) is -1.59. The number of benzene rings is 1. The topological polar surface area (TPSA) is 20.2 Å². The van der Waals surface area contributed by atoms with Gasteiger partial charge < -0.3 is 5.11 Å². The molecule has 0 radical (unpaired) electrons. The highest BCUT2D eigenvalue weighted by Gasteiger charge is 2.36. The molecule has 0 bridgehead atoms. The van der Waals surface area contributed by atoms with Crippen molar-refractivity contribution in [2.75, 3.05) is 0 Å². The maximum absolute atomic E-state index is 13.4. The molecule has 15 heavy (non-hydrogen) atoms. The van der Waals surface area contributed by atoms with Gasteiger partial charge in [-0.25, -0.2) is 8.78 Å². The monoisotopic (exact) mass is 212 g/mol. The number of hydrogen-bond acceptors (Lipinski definition) is 1. The van der Waals surface area contributed by atoms with E-state index >= 15 is 0 Å². The van der Waals surface area contributed by atoms with Crippen molar-refractivity contribution in [3.8, 4) is 0 Å². The van der Waals surface area contributed by atoms with Gasteiger partial charge >= 0.3 is 0 Å². The average molecular weight is 212 g/mol. The van der Waals surface area contributed by atoms with Crippen LogP contribution in [-0.2, 0) is 5.60 Å². The molecule has 1 unspecified atom stereocenters. The van der Waals surface area contributed by atoms with Crippen molar-refractivity contribution < 1.29 is 13.9 Å². The van der Waals surface area contributed by atoms with Crippen molar-refractivity contribution in [3.63, 3.8) is 0 Å². The van der Waals surface area contributed by atoms with Gasteiger partial charge in [0.15, 0.2) is 0 Å². The van der Waals surface area contributed by atoms with Crippen LogP contribution in [0.5, 0.6) is 0 Å². The Hall–Kier alpha value is -0.960. The minimum Gasteiger partial charge on any atom is -0.385 e. The Kier molecular flexibility index (Phi) is 2.51. The lowest BCUT2D eigenvalue weighted by Gasteiger charge is -2.24. The van der Waals surface area contributed by atoms with Crippen LogP contribution in [-0.4, -0.2) is 5.11 Å². The van der Waals surface area contributed by atoms with Crippen molar-refractivity contribution in [3.05, 3.63) is 35.4 Å². The van der Waals surface area contributed by atoms with E-state index in [1.807, 2.05) is 0 Å². The fourth-order valence-corrected chi connectivity index (χ4v) is 2.00. The van der Waals surface area contributed by atoms with Gasteiger partial charge in [-0.15, -0.1) is 0 Å². The highest BCUT2D eigenvalue weighted by atomic mass is 19.1. The van der Waals surface area contributed by atoms with Crippen molar-refractivity contribution >= 4 is 0 Å². The molecule has 1 saturated carbocycles. The minimum absolute atomic E-state index is 0.197. The van der Waals surface area contributed by atoms with Crippen molar-refractivity contribution in [2.45, 2.75) is 31.8 Å². The van der Waals surface area contributed by atoms with Crippen LogP contribution < -0.4 is 0 Å². The number of hydrogen-bond donors (Lipinski definition) is 1. The Labute approximate surface area is 87.7 Å². The second kappa shape index (κ2) is 3.56. The molecule has 0 aromatic heterocycles. The lowest BCUT2D eigenvalue weighted by Crippen LogP contribution is -2.25. The zero-order valence-electron chi connectivity index (χ0n) is 8.63. The lowest BCUT2D eigenvalue weighted by atomic mass is 9.89. The van der Waals surface area contributed by atoms with Gasteiger partial charge in [-0.1, -0.05) is 18.9 Å². The van der Waals surface area contributed by atoms with Gasteiger partial charge in [0, 0.05) is 0 Å². The van der Waals surface area contributed by atoms with Crippen molar-refractivity contribution in [1.29, 1.82) is 0 Å². The SMILES string of the molecule is CC(O)(CC1CC1)c1c(F)cccc1F. The van der Waals surface area contributed by atoms with E-state index in [0.717, 1.165) is 12.8 Å². The fourth-order valence-electron chi connectivity index (χ4n) is 2.00. The second-order valence-electron chi connectivity index (χ2n) is 4.52. The van der Waals surface area contributed by atoms with Crippen LogP contribution in [0.1, 0.15) is 31.7 Å². The molecular weight excluding hydrogens is 198 g/mol. The Morgan fingerprint density at radius 1 is 1.33 bits per heavy atom. The zero-order chi connectivity index (χ0) is 11.1. The Morgan fingerprint density at radius 3 is 2.33 bits per heavy atom. The maximum atomic E-state index is 13.4. The third kappa shape index (κ3) is 2.17. The second-order valence-corrected chi connectivity index (χ2v) is 4.52. The van der Waals surface area contributed by atoms with Crippen LogP contribution >= 0.6 is 0 Å². The van der Waals surface area contributed by atoms with Gasteiger partial charge in [0.1, 0.15) is 11.6 Å². The summed E-state index contributed by atoms with van der Waals surface area (Å²) in [5, 5.41) is 10.1. The van der Waals surface area contributed by atoms with Crippen LogP contribution in [0.4, 0.5) is 8.78 Å². The summed E-state index contributed by atoms with van der Waals surface area (Å²) in [6, 6.07) is 3.67. The quantitative estimate of drug-likeness (QED) is 0.816. The smallest absolute Gasteiger partial charge is 0.132 e. The van der Waals surface area contributed by atoms with E-state index in [1.54, 1.807) is 0 Å². The molecule has 82 valence electrons. The van der Waals surface area contributed by atoms with Crippen LogP contribution in [0.3, 0.4) is 0 Å². The molecule has 0 spiro atoms. The van der Waals surface area contributed by atoms with Gasteiger partial charge in [0.25, 0.3) is 0 Å². The fraction of sp³-hybridized carbons (Fsp3) is 0.500. The summed E-state index contributed by atoms with van der Waals surface area (Å²) in [4.78, 5) is 0. The zero-order valence-corrected chi connectivity index (χ0v) is 8.63. The molecule has 2 rings (SSSR count). The largest absolute Gasteiger partial charge is 0.385 e. The van der Waals surface area contributed by atoms with Gasteiger partial charge in [-0.05, 0) is 31.4 Å². The summed E-state index contributed by atoms with van der Waals surface area (Å²) >= 11 is 0. The molecule has 0 heterocycles. The lowest BCUT2D eigenvalue weighted by molar-refractivity contribution is 0.0343. The molecule has 0 aliphatic heterocycles. The van der Waals surface area contributed by atoms with Gasteiger partial charge in [0.05, 0.1) is 11.2 Å². The third-order valence-corrected chi connectivity index (χ3v) is 2.88. The van der Waals surface area contributed by atoms with Crippen molar-refractivity contribution in [2.24, 2.45) is 5.92 Å². The van der Waals surface area contributed by atoms with Crippen LogP contribution in [0.2, 0.25) is 0 Å². The van der Waals surface area contributed by atoms with E-state index in [1.165, 1.54) is 25.1 Å². The average Bonchev–Trinajstić information content (AvgIpc) is 2.86. The summed E-state index contributed by atoms with van der Waals surface area (Å²) in [7, 11) is 0. The van der Waals surface area contributed by atoms with Gasteiger partial charge in [0.2, 0.25) is 0 Å². The molecule has 1 N–H and O–H groups in total. The summed E-state index contributed by atoms with van der Waals surface area (Å²) in [5.74, 6) is -0.916. The van der Waals surface area contributed by atoms with Gasteiger partial charge in [-0.2, -0.15) is 0 Å². The maximum Gasteiger partial charge on any atom is 0.132 e. The first-order valence-corrected chi connectivity index (χ1v) is 5.17. The molecule has 1 aromatic carbocycles. The Balaban J connectivity index is 2.33. The number of rotatable bonds is 3. The van der Waals surface area contributed by atoms with Crippen LogP contribution in [0.25, 0.3) is 0 Å². The molecule has 1 atom stereocenters. The van der Waals surface area contributed by atoms with E-state index in [-0.39, 0.29) is 5.56 Å². The van der Waals surface area contributed by atoms with E-state index in [2.05, 4.69) is 0 Å². The molecular formula is C12H14F2O. The first kappa shape index (κ1) is 10.6. The molecule has 1 aromatic rings. The molecule has 1 fully saturated rings. The first-order chi connectivity index (χ1) is 7.00. The number of halogens is 2. The predicted octanol–water partition coefficient (Wildman–Crippen LogP) is 2.97. The summed E-state index contributed by atoms with van der Waals surface area (Å²) in [6.45, 7) is 1.48. The summed E-state index contributed by atoms with van der Waals surface area (Å²) in [6.07, 6.45) is 2.53. The Bertz CT molecular complexity index is 350. The molecule has 3 heteroatoms. The molecule has 1 nitrogen and oxygen atoms in total. The third-order valence-electron chi connectivity index (χ3n) is 2.88. The predicted molar refractivity (Wildman–Crippen MR) is 53.3 cm³/mol. The summed E-state index contributed by atoms with van der Waals surface area (Å²) < 4.78 is 26.8. The minimum atomic E-state index is -1.39.